The van der Waals surface area contributed by atoms with Crippen LogP contribution in [0.4, 0.5) is 0 Å². The van der Waals surface area contributed by atoms with Gasteiger partial charge in [-0.15, -0.1) is 0 Å². The van der Waals surface area contributed by atoms with E-state index in [4.69, 9.17) is 18.6 Å². The van der Waals surface area contributed by atoms with Crippen molar-refractivity contribution in [3.05, 3.63) is 47.5 Å². The molecule has 5 rings (SSSR count). The van der Waals surface area contributed by atoms with Gasteiger partial charge in [0.1, 0.15) is 0 Å². The summed E-state index contributed by atoms with van der Waals surface area (Å²) in [7, 11) is -0.748. The van der Waals surface area contributed by atoms with E-state index in [0.29, 0.717) is 0 Å². The SMILES string of the molecule is CC1(C)OB(c2ccc3c(c2)C(CCCCCCCCBr)(CCCCCCCCBr)c2cc(B4OC(C)(C)C(C)(C)O4)ccc2-3)OC1(C)C. The van der Waals surface area contributed by atoms with Crippen LogP contribution in [-0.2, 0) is 24.0 Å². The number of benzene rings is 2. The predicted octanol–water partition coefficient (Wildman–Crippen LogP) is 10.8. The highest BCUT2D eigenvalue weighted by Gasteiger charge is 2.54. The third-order valence-electron chi connectivity index (χ3n) is 12.4. The highest BCUT2D eigenvalue weighted by Crippen LogP contribution is 2.54. The quantitative estimate of drug-likeness (QED) is 0.0855. The van der Waals surface area contributed by atoms with Crippen LogP contribution >= 0.6 is 31.9 Å². The molecule has 2 aromatic carbocycles. The molecule has 4 nitrogen and oxygen atoms in total. The van der Waals surface area contributed by atoms with E-state index in [-0.39, 0.29) is 42.1 Å². The van der Waals surface area contributed by atoms with Gasteiger partial charge in [-0.1, -0.05) is 132 Å². The zero-order valence-electron chi connectivity index (χ0n) is 31.8. The van der Waals surface area contributed by atoms with Crippen molar-refractivity contribution in [3.63, 3.8) is 0 Å². The van der Waals surface area contributed by atoms with Gasteiger partial charge in [0.05, 0.1) is 22.4 Å². The molecule has 0 aromatic heterocycles. The van der Waals surface area contributed by atoms with Gasteiger partial charge in [0.25, 0.3) is 0 Å². The Morgan fingerprint density at radius 1 is 0.449 bits per heavy atom. The maximum absolute atomic E-state index is 6.61. The molecule has 49 heavy (non-hydrogen) atoms. The van der Waals surface area contributed by atoms with E-state index in [0.717, 1.165) is 34.4 Å². The van der Waals surface area contributed by atoms with E-state index in [1.807, 2.05) is 0 Å². The van der Waals surface area contributed by atoms with E-state index in [1.165, 1.54) is 99.3 Å². The van der Waals surface area contributed by atoms with Gasteiger partial charge in [-0.2, -0.15) is 0 Å². The summed E-state index contributed by atoms with van der Waals surface area (Å²) in [5, 5.41) is 2.21. The summed E-state index contributed by atoms with van der Waals surface area (Å²) in [5.74, 6) is 0. The van der Waals surface area contributed by atoms with Crippen LogP contribution in [0.1, 0.15) is 156 Å². The van der Waals surface area contributed by atoms with Crippen LogP contribution in [0.2, 0.25) is 0 Å². The molecule has 0 N–H and O–H groups in total. The molecule has 3 aliphatic rings. The van der Waals surface area contributed by atoms with E-state index in [1.54, 1.807) is 0 Å². The average molecular weight is 800 g/mol. The van der Waals surface area contributed by atoms with Crippen molar-refractivity contribution in [2.45, 2.75) is 173 Å². The largest absolute Gasteiger partial charge is 0.494 e. The van der Waals surface area contributed by atoms with Gasteiger partial charge in [-0.25, -0.2) is 0 Å². The topological polar surface area (TPSA) is 36.9 Å². The molecular weight excluding hydrogens is 738 g/mol. The number of hydrogen-bond acceptors (Lipinski definition) is 4. The second-order valence-corrected chi connectivity index (χ2v) is 18.6. The second kappa shape index (κ2) is 16.2. The van der Waals surface area contributed by atoms with Gasteiger partial charge in [0, 0.05) is 16.1 Å². The summed E-state index contributed by atoms with van der Waals surface area (Å²) < 4.78 is 26.4. The molecule has 0 bridgehead atoms. The summed E-state index contributed by atoms with van der Waals surface area (Å²) >= 11 is 7.22. The number of rotatable bonds is 18. The first-order valence-electron chi connectivity index (χ1n) is 19.3. The molecule has 1 aliphatic carbocycles. The predicted molar refractivity (Wildman–Crippen MR) is 216 cm³/mol. The van der Waals surface area contributed by atoms with Crippen molar-refractivity contribution in [1.82, 2.24) is 0 Å². The maximum Gasteiger partial charge on any atom is 0.494 e. The molecule has 2 saturated heterocycles. The highest BCUT2D eigenvalue weighted by molar-refractivity contribution is 9.09. The minimum atomic E-state index is -0.377. The number of halogens is 2. The first kappa shape index (κ1) is 39.6. The van der Waals surface area contributed by atoms with Crippen LogP contribution in [0.3, 0.4) is 0 Å². The Labute approximate surface area is 316 Å². The van der Waals surface area contributed by atoms with Crippen molar-refractivity contribution >= 4 is 57.0 Å². The van der Waals surface area contributed by atoms with Crippen molar-refractivity contribution in [3.8, 4) is 11.1 Å². The van der Waals surface area contributed by atoms with Gasteiger partial charge >= 0.3 is 14.2 Å². The molecule has 2 aromatic rings. The Morgan fingerprint density at radius 3 is 1.08 bits per heavy atom. The van der Waals surface area contributed by atoms with Gasteiger partial charge < -0.3 is 18.6 Å². The van der Waals surface area contributed by atoms with E-state index >= 15 is 0 Å². The summed E-state index contributed by atoms with van der Waals surface area (Å²) in [6.45, 7) is 17.2. The second-order valence-electron chi connectivity index (χ2n) is 17.0. The highest BCUT2D eigenvalue weighted by atomic mass is 79.9. The fourth-order valence-corrected chi connectivity index (χ4v) is 8.70. The van der Waals surface area contributed by atoms with Crippen LogP contribution in [-0.4, -0.2) is 47.3 Å². The fourth-order valence-electron chi connectivity index (χ4n) is 7.90. The molecule has 0 atom stereocenters. The maximum atomic E-state index is 6.61. The fraction of sp³-hybridized carbons (Fsp3) is 0.707. The molecule has 8 heteroatoms. The van der Waals surface area contributed by atoms with Gasteiger partial charge in [-0.05, 0) is 114 Å². The summed E-state index contributed by atoms with van der Waals surface area (Å²) in [6, 6.07) is 14.1. The third-order valence-corrected chi connectivity index (χ3v) is 13.6. The third kappa shape index (κ3) is 8.46. The zero-order chi connectivity index (χ0) is 35.5. The van der Waals surface area contributed by atoms with Crippen molar-refractivity contribution in [2.24, 2.45) is 0 Å². The van der Waals surface area contributed by atoms with E-state index in [2.05, 4.69) is 124 Å². The Morgan fingerprint density at radius 2 is 0.755 bits per heavy atom. The average Bonchev–Trinajstić information content (AvgIpc) is 3.54. The van der Waals surface area contributed by atoms with Crippen molar-refractivity contribution < 1.29 is 18.6 Å². The molecule has 270 valence electrons. The van der Waals surface area contributed by atoms with Gasteiger partial charge in [0.15, 0.2) is 0 Å². The summed E-state index contributed by atoms with van der Waals surface area (Å²) in [5.41, 5.74) is 6.33. The molecule has 2 heterocycles. The molecule has 0 unspecified atom stereocenters. The monoisotopic (exact) mass is 798 g/mol. The first-order valence-corrected chi connectivity index (χ1v) is 21.5. The standard InChI is InChI=1S/C41H62B2Br2O4/c1-37(2)38(3,4)47-42(46-37)31-21-23-33-34-24-22-32(43-48-39(5,6)40(7,8)49-43)30-36(34)41(35(33)29-31,25-17-13-9-11-15-19-27-44)26-18-14-10-12-16-20-28-45/h21-24,29-30H,9-20,25-28H2,1-8H3. The molecule has 2 fully saturated rings. The van der Waals surface area contributed by atoms with Crippen LogP contribution in [0.15, 0.2) is 36.4 Å². The number of hydrogen-bond donors (Lipinski definition) is 0. The normalized spacial score (nSPS) is 20.9. The lowest BCUT2D eigenvalue weighted by atomic mass is 9.67. The van der Waals surface area contributed by atoms with Gasteiger partial charge in [-0.3, -0.25) is 0 Å². The smallest absolute Gasteiger partial charge is 0.399 e. The van der Waals surface area contributed by atoms with Crippen LogP contribution < -0.4 is 10.9 Å². The zero-order valence-corrected chi connectivity index (χ0v) is 35.0. The molecular formula is C41H62B2Br2O4. The van der Waals surface area contributed by atoms with Crippen LogP contribution in [0.5, 0.6) is 0 Å². The Balaban J connectivity index is 1.52. The first-order chi connectivity index (χ1) is 23.2. The van der Waals surface area contributed by atoms with E-state index < -0.39 is 0 Å². The van der Waals surface area contributed by atoms with Crippen LogP contribution in [0.25, 0.3) is 11.1 Å². The molecule has 0 spiro atoms. The lowest BCUT2D eigenvalue weighted by molar-refractivity contribution is 0.00578. The summed E-state index contributed by atoms with van der Waals surface area (Å²) in [6.07, 6.45) is 17.7. The molecule has 0 radical (unpaired) electrons. The molecule has 2 aliphatic heterocycles. The molecule has 0 amide bonds. The minimum Gasteiger partial charge on any atom is -0.399 e. The van der Waals surface area contributed by atoms with Crippen molar-refractivity contribution in [2.75, 3.05) is 10.7 Å². The lowest BCUT2D eigenvalue weighted by Gasteiger charge is -2.33. The molecule has 0 saturated carbocycles. The van der Waals surface area contributed by atoms with Crippen LogP contribution in [0, 0.1) is 0 Å². The minimum absolute atomic E-state index is 0.0737. The number of unbranched alkanes of at least 4 members (excludes halogenated alkanes) is 10. The Hall–Kier alpha value is -0.630. The number of fused-ring (bicyclic) bond motifs is 3. The Kier molecular flexibility index (Phi) is 13.1. The van der Waals surface area contributed by atoms with E-state index in [9.17, 15) is 0 Å². The summed E-state index contributed by atoms with van der Waals surface area (Å²) in [4.78, 5) is 0. The van der Waals surface area contributed by atoms with Gasteiger partial charge in [0.2, 0.25) is 0 Å². The van der Waals surface area contributed by atoms with Crippen molar-refractivity contribution in [1.29, 1.82) is 0 Å². The number of alkyl halides is 2. The Bertz CT molecular complexity index is 1270. The lowest BCUT2D eigenvalue weighted by Crippen LogP contribution is -2.41.